The number of nitrogens with zero attached hydrogens (tertiary/aromatic N) is 4. The van der Waals surface area contributed by atoms with E-state index in [0.717, 1.165) is 12.1 Å². The Kier molecular flexibility index (Phi) is 5.51. The van der Waals surface area contributed by atoms with Crippen molar-refractivity contribution in [1.82, 2.24) is 20.1 Å². The zero-order valence-electron chi connectivity index (χ0n) is 16.0. The second-order valence-electron chi connectivity index (χ2n) is 6.96. The Balaban J connectivity index is 1.44. The molecule has 3 aromatic rings. The van der Waals surface area contributed by atoms with Crippen LogP contribution in [0.5, 0.6) is 5.88 Å². The van der Waals surface area contributed by atoms with E-state index in [4.69, 9.17) is 10.5 Å². The van der Waals surface area contributed by atoms with Gasteiger partial charge < -0.3 is 15.4 Å². The Morgan fingerprint density at radius 1 is 1.23 bits per heavy atom. The molecule has 1 aliphatic heterocycles. The fraction of sp³-hybridized carbons (Fsp3) is 0.238. The minimum atomic E-state index is -0.729. The van der Waals surface area contributed by atoms with Gasteiger partial charge in [-0.3, -0.25) is 9.78 Å². The summed E-state index contributed by atoms with van der Waals surface area (Å²) in [5.41, 5.74) is 7.09. The number of benzene rings is 1. The van der Waals surface area contributed by atoms with Gasteiger partial charge in [0.2, 0.25) is 11.8 Å². The average Bonchev–Trinajstić information content (AvgIpc) is 3.19. The van der Waals surface area contributed by atoms with Crippen LogP contribution in [0.15, 0.2) is 48.7 Å². The smallest absolute Gasteiger partial charge is 0.233 e. The third kappa shape index (κ3) is 4.35. The van der Waals surface area contributed by atoms with E-state index in [1.807, 2.05) is 0 Å². The number of anilines is 1. The molecular weight excluding hydrogens is 392 g/mol. The van der Waals surface area contributed by atoms with Crippen LogP contribution in [0.3, 0.4) is 0 Å². The third-order valence-corrected chi connectivity index (χ3v) is 4.87. The molecule has 1 fully saturated rings. The van der Waals surface area contributed by atoms with Crippen molar-refractivity contribution in [2.24, 2.45) is 0 Å². The lowest BCUT2D eigenvalue weighted by Gasteiger charge is -2.17. The summed E-state index contributed by atoms with van der Waals surface area (Å²) in [5, 5.41) is 7.65. The zero-order chi connectivity index (χ0) is 21.1. The molecule has 2 N–H and O–H groups in total. The Morgan fingerprint density at radius 2 is 2.10 bits per heavy atom. The molecule has 1 aliphatic rings. The monoisotopic (exact) mass is 411 g/mol. The fourth-order valence-corrected chi connectivity index (χ4v) is 3.33. The van der Waals surface area contributed by atoms with Gasteiger partial charge in [0.25, 0.3) is 0 Å². The van der Waals surface area contributed by atoms with E-state index in [9.17, 15) is 13.6 Å². The van der Waals surface area contributed by atoms with Crippen molar-refractivity contribution in [1.29, 1.82) is 0 Å². The summed E-state index contributed by atoms with van der Waals surface area (Å²) >= 11 is 0. The van der Waals surface area contributed by atoms with Gasteiger partial charge in [-0.1, -0.05) is 0 Å². The molecule has 30 heavy (non-hydrogen) atoms. The number of hydrogen-bond donors (Lipinski definition) is 1. The number of rotatable bonds is 5. The van der Waals surface area contributed by atoms with Gasteiger partial charge in [-0.05, 0) is 30.3 Å². The number of pyridine rings is 1. The van der Waals surface area contributed by atoms with Crippen molar-refractivity contribution in [2.45, 2.75) is 18.9 Å². The molecular formula is C21H19F2N5O2. The predicted molar refractivity (Wildman–Crippen MR) is 105 cm³/mol. The molecule has 0 bridgehead atoms. The summed E-state index contributed by atoms with van der Waals surface area (Å²) in [4.78, 5) is 18.8. The van der Waals surface area contributed by atoms with Gasteiger partial charge in [0.15, 0.2) is 0 Å². The maximum Gasteiger partial charge on any atom is 0.233 e. The minimum absolute atomic E-state index is 0.0274. The number of amides is 1. The molecule has 0 aliphatic carbocycles. The number of carbonyl (C=O) groups is 1. The highest BCUT2D eigenvalue weighted by molar-refractivity contribution is 5.80. The quantitative estimate of drug-likeness (QED) is 0.694. The molecule has 1 amide bonds. The molecule has 7 nitrogen and oxygen atoms in total. The average molecular weight is 411 g/mol. The Labute approximate surface area is 171 Å². The number of nitrogens with two attached hydrogens (primary N) is 1. The van der Waals surface area contributed by atoms with Crippen molar-refractivity contribution in [3.63, 3.8) is 0 Å². The number of aromatic nitrogens is 3. The van der Waals surface area contributed by atoms with Crippen LogP contribution in [0.1, 0.15) is 12.1 Å². The van der Waals surface area contributed by atoms with E-state index < -0.39 is 11.6 Å². The van der Waals surface area contributed by atoms with Crippen molar-refractivity contribution in [3.05, 3.63) is 66.0 Å². The molecule has 154 valence electrons. The number of carbonyl (C=O) groups excluding carboxylic acids is 1. The molecule has 2 aromatic heterocycles. The van der Waals surface area contributed by atoms with E-state index in [1.165, 1.54) is 6.07 Å². The Hall–Kier alpha value is -3.62. The van der Waals surface area contributed by atoms with Gasteiger partial charge in [0.05, 0.1) is 30.0 Å². The van der Waals surface area contributed by atoms with Crippen molar-refractivity contribution < 1.29 is 18.3 Å². The minimum Gasteiger partial charge on any atom is -0.471 e. The van der Waals surface area contributed by atoms with Crippen LogP contribution in [-0.2, 0) is 11.2 Å². The highest BCUT2D eigenvalue weighted by Gasteiger charge is 2.28. The first kappa shape index (κ1) is 19.7. The van der Waals surface area contributed by atoms with Crippen LogP contribution in [-0.4, -0.2) is 45.2 Å². The largest absolute Gasteiger partial charge is 0.471 e. The molecule has 0 spiro atoms. The van der Waals surface area contributed by atoms with Crippen molar-refractivity contribution >= 4 is 11.6 Å². The summed E-state index contributed by atoms with van der Waals surface area (Å²) in [6.45, 7) is 0.956. The molecule has 9 heteroatoms. The first-order chi connectivity index (χ1) is 14.5. The van der Waals surface area contributed by atoms with Gasteiger partial charge in [0.1, 0.15) is 17.7 Å². The molecule has 3 heterocycles. The van der Waals surface area contributed by atoms with E-state index >= 15 is 0 Å². The summed E-state index contributed by atoms with van der Waals surface area (Å²) < 4.78 is 33.0. The van der Waals surface area contributed by atoms with E-state index in [0.29, 0.717) is 36.8 Å². The van der Waals surface area contributed by atoms with Gasteiger partial charge in [0, 0.05) is 36.9 Å². The van der Waals surface area contributed by atoms with Gasteiger partial charge in [-0.15, -0.1) is 5.10 Å². The topological polar surface area (TPSA) is 94.2 Å². The Bertz CT molecular complexity index is 1060. The van der Waals surface area contributed by atoms with Crippen molar-refractivity contribution in [3.8, 4) is 17.1 Å². The van der Waals surface area contributed by atoms with E-state index in [1.54, 1.807) is 35.4 Å². The van der Waals surface area contributed by atoms with E-state index in [2.05, 4.69) is 15.2 Å². The number of hydrogen-bond acceptors (Lipinski definition) is 6. The van der Waals surface area contributed by atoms with Gasteiger partial charge in [-0.25, -0.2) is 8.78 Å². The molecule has 1 atom stereocenters. The van der Waals surface area contributed by atoms with Crippen LogP contribution < -0.4 is 10.5 Å². The highest BCUT2D eigenvalue weighted by atomic mass is 19.1. The molecule has 4 rings (SSSR count). The number of likely N-dealkylation sites (tertiary alicyclic amines) is 1. The van der Waals surface area contributed by atoms with Crippen LogP contribution in [0.2, 0.25) is 0 Å². The molecule has 0 radical (unpaired) electrons. The lowest BCUT2D eigenvalue weighted by atomic mass is 10.1. The van der Waals surface area contributed by atoms with Crippen LogP contribution in [0.4, 0.5) is 14.5 Å². The molecule has 1 saturated heterocycles. The summed E-state index contributed by atoms with van der Waals surface area (Å²) in [5.74, 6) is -1.14. The number of nitrogen functional groups attached to an aromatic ring is 1. The predicted octanol–water partition coefficient (Wildman–Crippen LogP) is 2.62. The molecule has 1 aromatic carbocycles. The van der Waals surface area contributed by atoms with Gasteiger partial charge >= 0.3 is 0 Å². The molecule has 0 saturated carbocycles. The normalized spacial score (nSPS) is 15.9. The fourth-order valence-electron chi connectivity index (χ4n) is 3.33. The SMILES string of the molecule is Nc1ccc(-c2ccc(F)cc2F)nc1CC(=O)N1CCC(Oc2cccnn2)C1. The maximum atomic E-state index is 14.1. The third-order valence-electron chi connectivity index (χ3n) is 4.87. The van der Waals surface area contributed by atoms with Crippen LogP contribution in [0.25, 0.3) is 11.3 Å². The molecule has 1 unspecified atom stereocenters. The highest BCUT2D eigenvalue weighted by Crippen LogP contribution is 2.25. The van der Waals surface area contributed by atoms with Crippen LogP contribution in [0, 0.1) is 11.6 Å². The first-order valence-electron chi connectivity index (χ1n) is 9.42. The Morgan fingerprint density at radius 3 is 2.87 bits per heavy atom. The lowest BCUT2D eigenvalue weighted by Crippen LogP contribution is -2.32. The summed E-state index contributed by atoms with van der Waals surface area (Å²) in [6, 6.07) is 9.80. The van der Waals surface area contributed by atoms with Gasteiger partial charge in [-0.2, -0.15) is 5.10 Å². The summed E-state index contributed by atoms with van der Waals surface area (Å²) in [6.07, 6.45) is 2.03. The van der Waals surface area contributed by atoms with Crippen molar-refractivity contribution in [2.75, 3.05) is 18.8 Å². The first-order valence-corrected chi connectivity index (χ1v) is 9.42. The summed E-state index contributed by atoms with van der Waals surface area (Å²) in [7, 11) is 0. The van der Waals surface area contributed by atoms with E-state index in [-0.39, 0.29) is 29.7 Å². The maximum absolute atomic E-state index is 14.1. The second kappa shape index (κ2) is 8.40. The standard InChI is InChI=1S/C21H19F2N5O2/c22-13-3-4-15(16(23)10-13)18-6-5-17(24)19(26-18)11-21(29)28-9-7-14(12-28)30-20-2-1-8-25-27-20/h1-6,8,10,14H,7,9,11-12,24H2. The second-order valence-corrected chi connectivity index (χ2v) is 6.96. The lowest BCUT2D eigenvalue weighted by molar-refractivity contribution is -0.129. The number of ether oxygens (including phenoxy) is 1. The number of halogens is 2. The zero-order valence-corrected chi connectivity index (χ0v) is 16.0. The van der Waals surface area contributed by atoms with Crippen LogP contribution >= 0.6 is 0 Å².